The first kappa shape index (κ1) is 20.1. The minimum absolute atomic E-state index is 0.0733. The van der Waals surface area contributed by atoms with Crippen LogP contribution in [0.15, 0.2) is 58.3 Å². The zero-order valence-electron chi connectivity index (χ0n) is 15.1. The summed E-state index contributed by atoms with van der Waals surface area (Å²) in [5.41, 5.74) is 0.686. The average Bonchev–Trinajstić information content (AvgIpc) is 2.91. The van der Waals surface area contributed by atoms with E-state index in [1.54, 1.807) is 24.3 Å². The molecule has 1 aliphatic heterocycles. The van der Waals surface area contributed by atoms with Crippen molar-refractivity contribution in [1.82, 2.24) is 4.90 Å². The van der Waals surface area contributed by atoms with Crippen molar-refractivity contribution in [1.29, 1.82) is 0 Å². The monoisotopic (exact) mass is 416 g/mol. The van der Waals surface area contributed by atoms with E-state index in [1.165, 1.54) is 40.9 Å². The maximum absolute atomic E-state index is 13.0. The third-order valence-corrected chi connectivity index (χ3v) is 5.60. The van der Waals surface area contributed by atoms with Crippen LogP contribution in [0.2, 0.25) is 5.02 Å². The van der Waals surface area contributed by atoms with E-state index in [0.29, 0.717) is 28.5 Å². The van der Waals surface area contributed by atoms with E-state index in [9.17, 15) is 19.7 Å². The van der Waals surface area contributed by atoms with Crippen LogP contribution in [0, 0.1) is 10.1 Å². The molecule has 28 heavy (non-hydrogen) atoms. The second-order valence-electron chi connectivity index (χ2n) is 6.18. The molecule has 0 aromatic heterocycles. The Bertz CT molecular complexity index is 955. The van der Waals surface area contributed by atoms with E-state index in [2.05, 4.69) is 0 Å². The standard InChI is InChI=1S/C20H17ClN2O4S/c1-2-3-12-22-19(24)17(13-4-8-15(9-5-13)23(26)27)18(20(22)25)28-16-10-6-14(21)7-11-16/h4-11H,2-3,12H2,1H3. The lowest BCUT2D eigenvalue weighted by Gasteiger charge is -2.14. The molecule has 2 aromatic rings. The van der Waals surface area contributed by atoms with Crippen molar-refractivity contribution >= 4 is 46.4 Å². The van der Waals surface area contributed by atoms with Crippen LogP contribution in [0.25, 0.3) is 5.57 Å². The minimum Gasteiger partial charge on any atom is -0.274 e. The van der Waals surface area contributed by atoms with Gasteiger partial charge in [-0.25, -0.2) is 0 Å². The lowest BCUT2D eigenvalue weighted by Crippen LogP contribution is -2.32. The molecular formula is C20H17ClN2O4S. The molecule has 0 fully saturated rings. The molecular weight excluding hydrogens is 400 g/mol. The Morgan fingerprint density at radius 2 is 1.68 bits per heavy atom. The number of halogens is 1. The Balaban J connectivity index is 2.02. The molecule has 2 aromatic carbocycles. The highest BCUT2D eigenvalue weighted by molar-refractivity contribution is 8.04. The molecule has 3 rings (SSSR count). The van der Waals surface area contributed by atoms with Crippen LogP contribution >= 0.6 is 23.4 Å². The summed E-state index contributed by atoms with van der Waals surface area (Å²) in [6, 6.07) is 12.7. The number of benzene rings is 2. The Morgan fingerprint density at radius 1 is 1.04 bits per heavy atom. The number of amides is 2. The highest BCUT2D eigenvalue weighted by Crippen LogP contribution is 2.40. The number of hydrogen-bond donors (Lipinski definition) is 0. The number of nitro benzene ring substituents is 1. The van der Waals surface area contributed by atoms with Crippen molar-refractivity contribution in [2.75, 3.05) is 6.54 Å². The first-order valence-corrected chi connectivity index (χ1v) is 9.90. The second-order valence-corrected chi connectivity index (χ2v) is 7.70. The minimum atomic E-state index is -0.503. The maximum Gasteiger partial charge on any atom is 0.269 e. The lowest BCUT2D eigenvalue weighted by atomic mass is 10.1. The summed E-state index contributed by atoms with van der Waals surface area (Å²) in [4.78, 5) is 38.7. The third kappa shape index (κ3) is 4.10. The molecule has 0 N–H and O–H groups in total. The average molecular weight is 417 g/mol. The molecule has 6 nitrogen and oxygen atoms in total. The van der Waals surface area contributed by atoms with Gasteiger partial charge in [-0.15, -0.1) is 0 Å². The van der Waals surface area contributed by atoms with Gasteiger partial charge in [-0.1, -0.05) is 36.7 Å². The van der Waals surface area contributed by atoms with Gasteiger partial charge in [-0.3, -0.25) is 24.6 Å². The topological polar surface area (TPSA) is 80.5 Å². The Morgan fingerprint density at radius 3 is 2.25 bits per heavy atom. The molecule has 0 unspecified atom stereocenters. The van der Waals surface area contributed by atoms with Gasteiger partial charge in [0.05, 0.1) is 15.4 Å². The summed E-state index contributed by atoms with van der Waals surface area (Å²) in [6.07, 6.45) is 1.56. The van der Waals surface area contributed by atoms with Crippen LogP contribution < -0.4 is 0 Å². The van der Waals surface area contributed by atoms with Gasteiger partial charge >= 0.3 is 0 Å². The maximum atomic E-state index is 13.0. The van der Waals surface area contributed by atoms with Crippen molar-refractivity contribution in [3.63, 3.8) is 0 Å². The van der Waals surface area contributed by atoms with E-state index < -0.39 is 4.92 Å². The molecule has 0 atom stereocenters. The van der Waals surface area contributed by atoms with Crippen LogP contribution in [0.4, 0.5) is 5.69 Å². The summed E-state index contributed by atoms with van der Waals surface area (Å²) in [5.74, 6) is -0.712. The molecule has 0 bridgehead atoms. The predicted molar refractivity (Wildman–Crippen MR) is 109 cm³/mol. The summed E-state index contributed by atoms with van der Waals surface area (Å²) >= 11 is 7.12. The van der Waals surface area contributed by atoms with Crippen LogP contribution in [-0.2, 0) is 9.59 Å². The molecule has 0 saturated heterocycles. The molecule has 144 valence electrons. The number of unbranched alkanes of at least 4 members (excludes halogenated alkanes) is 1. The van der Waals surface area contributed by atoms with Gasteiger partial charge in [-0.2, -0.15) is 0 Å². The highest BCUT2D eigenvalue weighted by atomic mass is 35.5. The zero-order chi connectivity index (χ0) is 20.3. The van der Waals surface area contributed by atoms with Gasteiger partial charge in [-0.05, 0) is 48.4 Å². The molecule has 0 radical (unpaired) electrons. The summed E-state index contributed by atoms with van der Waals surface area (Å²) in [7, 11) is 0. The van der Waals surface area contributed by atoms with Gasteiger partial charge in [0.25, 0.3) is 17.5 Å². The van der Waals surface area contributed by atoms with Gasteiger partial charge in [0.15, 0.2) is 0 Å². The van der Waals surface area contributed by atoms with E-state index in [-0.39, 0.29) is 23.1 Å². The Hall–Kier alpha value is -2.64. The molecule has 2 amide bonds. The molecule has 8 heteroatoms. The number of nitrogens with zero attached hydrogens (tertiary/aromatic N) is 2. The molecule has 0 spiro atoms. The Kier molecular flexibility index (Phi) is 6.16. The Labute approximate surface area is 171 Å². The number of thioether (sulfide) groups is 1. The molecule has 0 saturated carbocycles. The van der Waals surface area contributed by atoms with Crippen molar-refractivity contribution < 1.29 is 14.5 Å². The van der Waals surface area contributed by atoms with E-state index in [1.807, 2.05) is 6.92 Å². The van der Waals surface area contributed by atoms with Crippen LogP contribution in [0.1, 0.15) is 25.3 Å². The first-order chi connectivity index (χ1) is 13.4. The van der Waals surface area contributed by atoms with Gasteiger partial charge in [0.2, 0.25) is 0 Å². The zero-order valence-corrected chi connectivity index (χ0v) is 16.6. The smallest absolute Gasteiger partial charge is 0.269 e. The largest absolute Gasteiger partial charge is 0.274 e. The third-order valence-electron chi connectivity index (χ3n) is 4.26. The number of carbonyl (C=O) groups is 2. The number of rotatable bonds is 7. The van der Waals surface area contributed by atoms with Crippen LogP contribution in [0.3, 0.4) is 0 Å². The van der Waals surface area contributed by atoms with Crippen molar-refractivity contribution in [3.8, 4) is 0 Å². The number of carbonyl (C=O) groups excluding carboxylic acids is 2. The summed E-state index contributed by atoms with van der Waals surface area (Å²) < 4.78 is 0. The molecule has 1 heterocycles. The van der Waals surface area contributed by atoms with Crippen molar-refractivity contribution in [3.05, 3.63) is 74.1 Å². The van der Waals surface area contributed by atoms with E-state index >= 15 is 0 Å². The number of imide groups is 1. The fourth-order valence-corrected chi connectivity index (χ4v) is 3.93. The van der Waals surface area contributed by atoms with Crippen LogP contribution in [-0.4, -0.2) is 28.2 Å². The quantitative estimate of drug-likeness (QED) is 0.363. The van der Waals surface area contributed by atoms with Crippen LogP contribution in [0.5, 0.6) is 0 Å². The fraction of sp³-hybridized carbons (Fsp3) is 0.200. The normalized spacial score (nSPS) is 14.1. The van der Waals surface area contributed by atoms with Crippen molar-refractivity contribution in [2.45, 2.75) is 24.7 Å². The lowest BCUT2D eigenvalue weighted by molar-refractivity contribution is -0.384. The summed E-state index contributed by atoms with van der Waals surface area (Å²) in [6.45, 7) is 2.33. The number of non-ortho nitro benzene ring substituents is 1. The van der Waals surface area contributed by atoms with Gasteiger partial charge < -0.3 is 0 Å². The van der Waals surface area contributed by atoms with E-state index in [4.69, 9.17) is 11.6 Å². The van der Waals surface area contributed by atoms with Gasteiger partial charge in [0.1, 0.15) is 0 Å². The fourth-order valence-electron chi connectivity index (χ4n) is 2.79. The second kappa shape index (κ2) is 8.58. The first-order valence-electron chi connectivity index (χ1n) is 8.71. The molecule has 1 aliphatic rings. The summed E-state index contributed by atoms with van der Waals surface area (Å²) in [5, 5.41) is 11.5. The number of nitro groups is 1. The predicted octanol–water partition coefficient (Wildman–Crippen LogP) is 4.92. The van der Waals surface area contributed by atoms with E-state index in [0.717, 1.165) is 11.3 Å². The van der Waals surface area contributed by atoms with Gasteiger partial charge in [0, 0.05) is 28.6 Å². The highest BCUT2D eigenvalue weighted by Gasteiger charge is 2.39. The van der Waals surface area contributed by atoms with Crippen molar-refractivity contribution in [2.24, 2.45) is 0 Å². The number of hydrogen-bond acceptors (Lipinski definition) is 5. The SMILES string of the molecule is CCCCN1C(=O)C(Sc2ccc(Cl)cc2)=C(c2ccc([N+](=O)[O-])cc2)C1=O. The molecule has 0 aliphatic carbocycles.